The fraction of sp³-hybridized carbons (Fsp3) is 0.800. The fourth-order valence-corrected chi connectivity index (χ4v) is 0.829. The van der Waals surface area contributed by atoms with Crippen molar-refractivity contribution in [1.82, 2.24) is 4.90 Å². The Kier molecular flexibility index (Phi) is 1.29. The quantitative estimate of drug-likeness (QED) is 0.376. The molecule has 0 aromatic heterocycles. The van der Waals surface area contributed by atoms with E-state index in [-0.39, 0.29) is 0 Å². The summed E-state index contributed by atoms with van der Waals surface area (Å²) in [6, 6.07) is 0. The van der Waals surface area contributed by atoms with Crippen LogP contribution in [0, 0.1) is 5.41 Å². The summed E-state index contributed by atoms with van der Waals surface area (Å²) in [4.78, 5) is 1.90. The van der Waals surface area contributed by atoms with Crippen LogP contribution in [0.2, 0.25) is 0 Å². The van der Waals surface area contributed by atoms with Crippen LogP contribution in [0.1, 0.15) is 12.8 Å². The van der Waals surface area contributed by atoms with Gasteiger partial charge in [0.2, 0.25) is 0 Å². The number of likely N-dealkylation sites (tertiary alicyclic amines) is 1. The molecular formula is C5H9N2. The van der Waals surface area contributed by atoms with Crippen LogP contribution < -0.4 is 0 Å². The molecule has 39 valence electrons. The minimum absolute atomic E-state index is 1.05. The van der Waals surface area contributed by atoms with E-state index in [4.69, 9.17) is 5.41 Å². The minimum atomic E-state index is 1.05. The van der Waals surface area contributed by atoms with Gasteiger partial charge in [0, 0.05) is 13.1 Å². The second-order valence-electron chi connectivity index (χ2n) is 1.81. The first-order valence-corrected chi connectivity index (χ1v) is 2.61. The smallest absolute Gasteiger partial charge is 0.163 e. The second kappa shape index (κ2) is 1.96. The van der Waals surface area contributed by atoms with Crippen LogP contribution in [0.25, 0.3) is 0 Å². The van der Waals surface area contributed by atoms with Gasteiger partial charge in [-0.2, -0.15) is 0 Å². The van der Waals surface area contributed by atoms with Gasteiger partial charge in [0.05, 0.1) is 0 Å². The largest absolute Gasteiger partial charge is 0.354 e. The average Bonchev–Trinajstić information content (AvgIpc) is 2.14. The third kappa shape index (κ3) is 0.918. The number of nitrogens with one attached hydrogen (secondary N) is 1. The number of rotatable bonds is 1. The first-order valence-electron chi connectivity index (χ1n) is 2.61. The van der Waals surface area contributed by atoms with Crippen molar-refractivity contribution in [2.45, 2.75) is 12.8 Å². The zero-order valence-electron chi connectivity index (χ0n) is 4.28. The molecule has 1 aliphatic heterocycles. The van der Waals surface area contributed by atoms with Crippen molar-refractivity contribution in [3.8, 4) is 0 Å². The number of hydrogen-bond acceptors (Lipinski definition) is 1. The summed E-state index contributed by atoms with van der Waals surface area (Å²) in [6.07, 6.45) is 4.83. The van der Waals surface area contributed by atoms with E-state index in [1.165, 1.54) is 12.8 Å². The van der Waals surface area contributed by atoms with E-state index in [2.05, 4.69) is 6.34 Å². The molecule has 0 amide bonds. The average molecular weight is 97.1 g/mol. The summed E-state index contributed by atoms with van der Waals surface area (Å²) >= 11 is 0. The molecule has 1 rings (SSSR count). The van der Waals surface area contributed by atoms with Crippen LogP contribution in [0.15, 0.2) is 0 Å². The van der Waals surface area contributed by atoms with Crippen LogP contribution >= 0.6 is 0 Å². The van der Waals surface area contributed by atoms with Crippen LogP contribution in [-0.4, -0.2) is 24.3 Å². The Morgan fingerprint density at radius 1 is 1.29 bits per heavy atom. The van der Waals surface area contributed by atoms with Crippen LogP contribution in [0.4, 0.5) is 0 Å². The van der Waals surface area contributed by atoms with Gasteiger partial charge < -0.3 is 4.90 Å². The molecule has 1 aliphatic rings. The molecule has 0 aromatic rings. The summed E-state index contributed by atoms with van der Waals surface area (Å²) in [5, 5.41) is 6.68. The lowest BCUT2D eigenvalue weighted by Gasteiger charge is -2.04. The molecule has 1 saturated heterocycles. The maximum Gasteiger partial charge on any atom is 0.163 e. The zero-order chi connectivity index (χ0) is 5.11. The zero-order valence-corrected chi connectivity index (χ0v) is 4.28. The highest BCUT2D eigenvalue weighted by molar-refractivity contribution is 5.50. The highest BCUT2D eigenvalue weighted by atomic mass is 15.1. The van der Waals surface area contributed by atoms with Crippen LogP contribution in [0.5, 0.6) is 0 Å². The molecule has 0 aliphatic carbocycles. The molecule has 0 saturated carbocycles. The molecule has 0 spiro atoms. The van der Waals surface area contributed by atoms with E-state index in [9.17, 15) is 0 Å². The van der Waals surface area contributed by atoms with E-state index in [1.807, 2.05) is 4.90 Å². The van der Waals surface area contributed by atoms with Crippen molar-refractivity contribution in [2.24, 2.45) is 0 Å². The summed E-state index contributed by atoms with van der Waals surface area (Å²) in [6.45, 7) is 2.09. The van der Waals surface area contributed by atoms with E-state index in [0.717, 1.165) is 13.1 Å². The van der Waals surface area contributed by atoms with Crippen molar-refractivity contribution in [2.75, 3.05) is 13.1 Å². The van der Waals surface area contributed by atoms with E-state index < -0.39 is 0 Å². The molecule has 0 atom stereocenters. The summed E-state index contributed by atoms with van der Waals surface area (Å²) < 4.78 is 0. The molecule has 2 nitrogen and oxygen atoms in total. The molecule has 0 aromatic carbocycles. The van der Waals surface area contributed by atoms with E-state index >= 15 is 0 Å². The molecule has 0 unspecified atom stereocenters. The Bertz CT molecular complexity index is 64.5. The summed E-state index contributed by atoms with van der Waals surface area (Å²) in [5.41, 5.74) is 0. The van der Waals surface area contributed by atoms with Gasteiger partial charge in [-0.1, -0.05) is 0 Å². The molecule has 2 heteroatoms. The topological polar surface area (TPSA) is 27.1 Å². The summed E-state index contributed by atoms with van der Waals surface area (Å²) in [5.74, 6) is 0. The van der Waals surface area contributed by atoms with Gasteiger partial charge in [0.1, 0.15) is 0 Å². The normalized spacial score (nSPS) is 20.3. The Hall–Kier alpha value is -0.530. The molecular weight excluding hydrogens is 88.1 g/mol. The Morgan fingerprint density at radius 2 is 1.86 bits per heavy atom. The van der Waals surface area contributed by atoms with E-state index in [1.54, 1.807) is 0 Å². The first-order chi connectivity index (χ1) is 3.43. The fourth-order valence-electron chi connectivity index (χ4n) is 0.829. The third-order valence-electron chi connectivity index (χ3n) is 1.26. The lowest BCUT2D eigenvalue weighted by atomic mass is 10.4. The maximum absolute atomic E-state index is 6.68. The standard InChI is InChI=1S/C5H9N2/c6-5-7-3-1-2-4-7/h6H,1-4H2. The Balaban J connectivity index is 2.26. The second-order valence-corrected chi connectivity index (χ2v) is 1.81. The maximum atomic E-state index is 6.68. The van der Waals surface area contributed by atoms with Crippen molar-refractivity contribution in [3.63, 3.8) is 0 Å². The number of hydrogen-bond donors (Lipinski definition) is 1. The van der Waals surface area contributed by atoms with Crippen LogP contribution in [0.3, 0.4) is 0 Å². The first kappa shape index (κ1) is 4.62. The lowest BCUT2D eigenvalue weighted by molar-refractivity contribution is 0.533. The Labute approximate surface area is 43.6 Å². The monoisotopic (exact) mass is 97.1 g/mol. The molecule has 7 heavy (non-hydrogen) atoms. The molecule has 1 fully saturated rings. The van der Waals surface area contributed by atoms with E-state index in [0.29, 0.717) is 0 Å². The Morgan fingerprint density at radius 3 is 2.14 bits per heavy atom. The predicted molar refractivity (Wildman–Crippen MR) is 28.5 cm³/mol. The highest BCUT2D eigenvalue weighted by Crippen LogP contribution is 2.02. The third-order valence-corrected chi connectivity index (χ3v) is 1.26. The molecule has 1 radical (unpaired) electrons. The van der Waals surface area contributed by atoms with Crippen LogP contribution in [-0.2, 0) is 0 Å². The van der Waals surface area contributed by atoms with Crippen molar-refractivity contribution in [3.05, 3.63) is 0 Å². The van der Waals surface area contributed by atoms with Gasteiger partial charge in [0.15, 0.2) is 6.34 Å². The highest BCUT2D eigenvalue weighted by Gasteiger charge is 2.05. The van der Waals surface area contributed by atoms with Crippen molar-refractivity contribution < 1.29 is 0 Å². The van der Waals surface area contributed by atoms with Gasteiger partial charge in [0.25, 0.3) is 0 Å². The van der Waals surface area contributed by atoms with Gasteiger partial charge in [-0.15, -0.1) is 0 Å². The van der Waals surface area contributed by atoms with Gasteiger partial charge >= 0.3 is 0 Å². The van der Waals surface area contributed by atoms with Gasteiger partial charge in [-0.05, 0) is 12.8 Å². The van der Waals surface area contributed by atoms with Gasteiger partial charge in [-0.3, -0.25) is 5.41 Å². The van der Waals surface area contributed by atoms with Gasteiger partial charge in [-0.25, -0.2) is 0 Å². The molecule has 0 bridgehead atoms. The summed E-state index contributed by atoms with van der Waals surface area (Å²) in [7, 11) is 0. The SMILES string of the molecule is N=[C]N1CCCC1. The lowest BCUT2D eigenvalue weighted by Crippen LogP contribution is -2.15. The van der Waals surface area contributed by atoms with Crippen molar-refractivity contribution >= 4 is 6.34 Å². The minimum Gasteiger partial charge on any atom is -0.354 e. The predicted octanol–water partition coefficient (Wildman–Crippen LogP) is 0.566. The number of nitrogens with zero attached hydrogens (tertiary/aromatic N) is 1. The molecule has 1 N–H and O–H groups in total. The van der Waals surface area contributed by atoms with Crippen molar-refractivity contribution in [1.29, 1.82) is 5.41 Å². The molecule has 1 heterocycles.